The summed E-state index contributed by atoms with van der Waals surface area (Å²) in [6, 6.07) is 8.88. The zero-order valence-corrected chi connectivity index (χ0v) is 12.0. The van der Waals surface area contributed by atoms with E-state index in [2.05, 4.69) is 5.32 Å². The fraction of sp³-hybridized carbons (Fsp3) is 0.143. The third kappa shape index (κ3) is 3.77. The molecule has 7 heteroatoms. The van der Waals surface area contributed by atoms with Gasteiger partial charge in [-0.15, -0.1) is 0 Å². The van der Waals surface area contributed by atoms with E-state index in [1.54, 1.807) is 19.1 Å². The van der Waals surface area contributed by atoms with Gasteiger partial charge < -0.3 is 5.32 Å². The lowest BCUT2D eigenvalue weighted by molar-refractivity contribution is 0.584. The van der Waals surface area contributed by atoms with E-state index in [1.165, 1.54) is 18.2 Å². The molecular formula is C14H14F2N2O2S. The van der Waals surface area contributed by atoms with Gasteiger partial charge in [0, 0.05) is 12.1 Å². The van der Waals surface area contributed by atoms with Crippen LogP contribution in [0.4, 0.5) is 14.5 Å². The highest BCUT2D eigenvalue weighted by molar-refractivity contribution is 7.89. The molecule has 0 amide bonds. The first kappa shape index (κ1) is 15.4. The zero-order chi connectivity index (χ0) is 15.6. The molecule has 0 fully saturated rings. The van der Waals surface area contributed by atoms with Crippen LogP contribution in [0.5, 0.6) is 0 Å². The minimum absolute atomic E-state index is 0.00594. The molecule has 0 radical (unpaired) electrons. The van der Waals surface area contributed by atoms with Crippen molar-refractivity contribution in [2.45, 2.75) is 17.9 Å². The summed E-state index contributed by atoms with van der Waals surface area (Å²) in [6.45, 7) is 1.77. The number of benzene rings is 2. The SMILES string of the molecule is CC(Nc1ccc(F)cc1F)c1ccc(S(N)(=O)=O)cc1. The maximum Gasteiger partial charge on any atom is 0.238 e. The summed E-state index contributed by atoms with van der Waals surface area (Å²) in [5.41, 5.74) is 0.908. The molecule has 0 aliphatic heterocycles. The fourth-order valence-electron chi connectivity index (χ4n) is 1.87. The lowest BCUT2D eigenvalue weighted by atomic mass is 10.1. The number of hydrogen-bond donors (Lipinski definition) is 2. The van der Waals surface area contributed by atoms with Gasteiger partial charge in [0.1, 0.15) is 11.6 Å². The zero-order valence-electron chi connectivity index (χ0n) is 11.2. The lowest BCUT2D eigenvalue weighted by Gasteiger charge is -2.16. The molecule has 112 valence electrons. The number of rotatable bonds is 4. The molecule has 0 bridgehead atoms. The topological polar surface area (TPSA) is 72.2 Å². The van der Waals surface area contributed by atoms with Gasteiger partial charge in [-0.2, -0.15) is 0 Å². The molecule has 0 saturated heterocycles. The molecule has 3 N–H and O–H groups in total. The van der Waals surface area contributed by atoms with E-state index in [4.69, 9.17) is 5.14 Å². The molecule has 2 aromatic rings. The Morgan fingerprint density at radius 2 is 1.71 bits per heavy atom. The first-order chi connectivity index (χ1) is 9.77. The molecule has 1 atom stereocenters. The van der Waals surface area contributed by atoms with Gasteiger partial charge in [0.25, 0.3) is 0 Å². The Morgan fingerprint density at radius 3 is 2.24 bits per heavy atom. The van der Waals surface area contributed by atoms with E-state index in [0.717, 1.165) is 17.7 Å². The summed E-state index contributed by atoms with van der Waals surface area (Å²) in [7, 11) is -3.74. The van der Waals surface area contributed by atoms with Crippen LogP contribution in [-0.4, -0.2) is 8.42 Å². The molecule has 21 heavy (non-hydrogen) atoms. The number of primary sulfonamides is 1. The van der Waals surface area contributed by atoms with Crippen LogP contribution in [0.15, 0.2) is 47.4 Å². The summed E-state index contributed by atoms with van der Waals surface area (Å²) in [5.74, 6) is -1.34. The molecule has 2 aromatic carbocycles. The van der Waals surface area contributed by atoms with Crippen molar-refractivity contribution in [1.82, 2.24) is 0 Å². The van der Waals surface area contributed by atoms with Crippen molar-refractivity contribution in [3.05, 3.63) is 59.7 Å². The Kier molecular flexibility index (Phi) is 4.24. The summed E-state index contributed by atoms with van der Waals surface area (Å²) in [4.78, 5) is 0.00594. The molecule has 0 aliphatic carbocycles. The maximum absolute atomic E-state index is 13.5. The normalized spacial score (nSPS) is 13.0. The highest BCUT2D eigenvalue weighted by Crippen LogP contribution is 2.23. The van der Waals surface area contributed by atoms with Gasteiger partial charge in [-0.25, -0.2) is 22.3 Å². The van der Waals surface area contributed by atoms with Gasteiger partial charge >= 0.3 is 0 Å². The van der Waals surface area contributed by atoms with Crippen molar-refractivity contribution < 1.29 is 17.2 Å². The maximum atomic E-state index is 13.5. The molecule has 0 heterocycles. The van der Waals surface area contributed by atoms with Crippen LogP contribution in [0.25, 0.3) is 0 Å². The second-order valence-corrected chi connectivity index (χ2v) is 6.17. The fourth-order valence-corrected chi connectivity index (χ4v) is 2.38. The van der Waals surface area contributed by atoms with Crippen LogP contribution < -0.4 is 10.5 Å². The largest absolute Gasteiger partial charge is 0.376 e. The number of hydrogen-bond acceptors (Lipinski definition) is 3. The van der Waals surface area contributed by atoms with E-state index in [0.29, 0.717) is 0 Å². The second kappa shape index (κ2) is 5.79. The van der Waals surface area contributed by atoms with Gasteiger partial charge in [-0.1, -0.05) is 12.1 Å². The van der Waals surface area contributed by atoms with Crippen molar-refractivity contribution in [2.24, 2.45) is 5.14 Å². The standard InChI is InChI=1S/C14H14F2N2O2S/c1-9(18-14-7-4-11(15)8-13(14)16)10-2-5-12(6-3-10)21(17,19)20/h2-9,18H,1H3,(H2,17,19,20). The van der Waals surface area contributed by atoms with Crippen molar-refractivity contribution in [3.63, 3.8) is 0 Å². The van der Waals surface area contributed by atoms with Crippen LogP contribution in [0.2, 0.25) is 0 Å². The lowest BCUT2D eigenvalue weighted by Crippen LogP contribution is -2.13. The van der Waals surface area contributed by atoms with Gasteiger partial charge in [-0.05, 0) is 36.8 Å². The van der Waals surface area contributed by atoms with E-state index >= 15 is 0 Å². The smallest absolute Gasteiger partial charge is 0.238 e. The van der Waals surface area contributed by atoms with Crippen LogP contribution in [0.3, 0.4) is 0 Å². The second-order valence-electron chi connectivity index (χ2n) is 4.60. The molecule has 0 aliphatic rings. The number of nitrogens with one attached hydrogen (secondary N) is 1. The third-order valence-corrected chi connectivity index (χ3v) is 3.94. The molecule has 4 nitrogen and oxygen atoms in total. The number of sulfonamides is 1. The Balaban J connectivity index is 2.18. The van der Waals surface area contributed by atoms with Gasteiger partial charge in [0.05, 0.1) is 10.6 Å². The molecule has 2 rings (SSSR count). The average Bonchev–Trinajstić information content (AvgIpc) is 2.41. The molecule has 0 saturated carbocycles. The molecular weight excluding hydrogens is 298 g/mol. The van der Waals surface area contributed by atoms with Crippen molar-refractivity contribution in [2.75, 3.05) is 5.32 Å². The summed E-state index contributed by atoms with van der Waals surface area (Å²) in [6.07, 6.45) is 0. The molecule has 0 spiro atoms. The number of halogens is 2. The van der Waals surface area contributed by atoms with Crippen molar-refractivity contribution >= 4 is 15.7 Å². The third-order valence-electron chi connectivity index (χ3n) is 3.01. The Morgan fingerprint density at radius 1 is 1.10 bits per heavy atom. The highest BCUT2D eigenvalue weighted by atomic mass is 32.2. The van der Waals surface area contributed by atoms with Crippen molar-refractivity contribution in [1.29, 1.82) is 0 Å². The predicted octanol–water partition coefficient (Wildman–Crippen LogP) is 2.79. The van der Waals surface area contributed by atoms with E-state index < -0.39 is 21.7 Å². The quantitative estimate of drug-likeness (QED) is 0.912. The van der Waals surface area contributed by atoms with E-state index in [1.807, 2.05) is 0 Å². The van der Waals surface area contributed by atoms with E-state index in [9.17, 15) is 17.2 Å². The van der Waals surface area contributed by atoms with Crippen molar-refractivity contribution in [3.8, 4) is 0 Å². The van der Waals surface area contributed by atoms with Gasteiger partial charge in [-0.3, -0.25) is 0 Å². The van der Waals surface area contributed by atoms with Crippen LogP contribution in [0, 0.1) is 11.6 Å². The minimum atomic E-state index is -3.74. The monoisotopic (exact) mass is 312 g/mol. The Hall–Kier alpha value is -1.99. The predicted molar refractivity (Wildman–Crippen MR) is 76.2 cm³/mol. The van der Waals surface area contributed by atoms with Gasteiger partial charge in [0.2, 0.25) is 10.0 Å². The molecule has 0 aromatic heterocycles. The van der Waals surface area contributed by atoms with Crippen LogP contribution in [0.1, 0.15) is 18.5 Å². The highest BCUT2D eigenvalue weighted by Gasteiger charge is 2.11. The van der Waals surface area contributed by atoms with Gasteiger partial charge in [0.15, 0.2) is 0 Å². The summed E-state index contributed by atoms with van der Waals surface area (Å²) < 4.78 is 48.7. The van der Waals surface area contributed by atoms with Crippen LogP contribution in [-0.2, 0) is 10.0 Å². The summed E-state index contributed by atoms with van der Waals surface area (Å²) >= 11 is 0. The number of nitrogens with two attached hydrogens (primary N) is 1. The first-order valence-electron chi connectivity index (χ1n) is 6.12. The average molecular weight is 312 g/mol. The van der Waals surface area contributed by atoms with Crippen LogP contribution >= 0.6 is 0 Å². The van der Waals surface area contributed by atoms with E-state index in [-0.39, 0.29) is 16.6 Å². The molecule has 1 unspecified atom stereocenters. The Labute approximate surface area is 121 Å². The number of anilines is 1. The Bertz CT molecular complexity index is 746. The first-order valence-corrected chi connectivity index (χ1v) is 7.66. The minimum Gasteiger partial charge on any atom is -0.376 e. The summed E-state index contributed by atoms with van der Waals surface area (Å²) in [5, 5.41) is 7.90.